The number of hydrogen-bond acceptors (Lipinski definition) is 3. The molecule has 0 bridgehead atoms. The standard InChI is InChI=1S/C20H23N3O2.ClH/c1-23(18-5-3-2-4-6-18)19(24)13-15-7-9-17(10-8-15)22-20(25)16-11-12-21-14-16;/h2-10,16,21H,11-14H2,1H3,(H,22,25);1H. The quantitative estimate of drug-likeness (QED) is 0.847. The highest BCUT2D eigenvalue weighted by Gasteiger charge is 2.22. The monoisotopic (exact) mass is 373 g/mol. The predicted molar refractivity (Wildman–Crippen MR) is 107 cm³/mol. The second-order valence-electron chi connectivity index (χ2n) is 6.34. The highest BCUT2D eigenvalue weighted by molar-refractivity contribution is 5.95. The molecular weight excluding hydrogens is 350 g/mol. The lowest BCUT2D eigenvalue weighted by Gasteiger charge is -2.17. The van der Waals surface area contributed by atoms with Crippen molar-refractivity contribution < 1.29 is 9.59 Å². The summed E-state index contributed by atoms with van der Waals surface area (Å²) in [5.41, 5.74) is 2.57. The summed E-state index contributed by atoms with van der Waals surface area (Å²) in [5.74, 6) is 0.124. The maximum Gasteiger partial charge on any atom is 0.231 e. The van der Waals surface area contributed by atoms with Gasteiger partial charge in [-0.25, -0.2) is 0 Å². The molecule has 0 aliphatic carbocycles. The zero-order valence-corrected chi connectivity index (χ0v) is 15.6. The zero-order valence-electron chi connectivity index (χ0n) is 14.8. The molecule has 2 aromatic rings. The van der Waals surface area contributed by atoms with Gasteiger partial charge in [-0.3, -0.25) is 9.59 Å². The van der Waals surface area contributed by atoms with E-state index in [0.29, 0.717) is 6.42 Å². The van der Waals surface area contributed by atoms with Crippen molar-refractivity contribution in [2.75, 3.05) is 30.4 Å². The van der Waals surface area contributed by atoms with Crippen LogP contribution in [-0.4, -0.2) is 32.0 Å². The van der Waals surface area contributed by atoms with Crippen molar-refractivity contribution in [1.29, 1.82) is 0 Å². The number of nitrogens with zero attached hydrogens (tertiary/aromatic N) is 1. The van der Waals surface area contributed by atoms with E-state index in [1.165, 1.54) is 0 Å². The molecule has 2 amide bonds. The second kappa shape index (κ2) is 9.36. The fraction of sp³-hybridized carbons (Fsp3) is 0.300. The second-order valence-corrected chi connectivity index (χ2v) is 6.34. The van der Waals surface area contributed by atoms with Crippen LogP contribution in [0.5, 0.6) is 0 Å². The Morgan fingerprint density at radius 1 is 1.12 bits per heavy atom. The van der Waals surface area contributed by atoms with Crippen LogP contribution in [0.1, 0.15) is 12.0 Å². The minimum atomic E-state index is 0. The Labute approximate surface area is 160 Å². The van der Waals surface area contributed by atoms with Gasteiger partial charge in [-0.2, -0.15) is 0 Å². The molecule has 0 radical (unpaired) electrons. The fourth-order valence-electron chi connectivity index (χ4n) is 2.92. The Balaban J connectivity index is 0.00000243. The smallest absolute Gasteiger partial charge is 0.231 e. The molecule has 1 aliphatic heterocycles. The third-order valence-electron chi connectivity index (χ3n) is 4.53. The normalized spacial score (nSPS) is 15.8. The molecule has 26 heavy (non-hydrogen) atoms. The predicted octanol–water partition coefficient (Wildman–Crippen LogP) is 2.86. The van der Waals surface area contributed by atoms with E-state index in [4.69, 9.17) is 0 Å². The van der Waals surface area contributed by atoms with Gasteiger partial charge in [0, 0.05) is 25.0 Å². The number of carbonyl (C=O) groups is 2. The van der Waals surface area contributed by atoms with Gasteiger partial charge in [0.25, 0.3) is 0 Å². The third kappa shape index (κ3) is 5.07. The van der Waals surface area contributed by atoms with Gasteiger partial charge in [0.15, 0.2) is 0 Å². The number of nitrogens with one attached hydrogen (secondary N) is 2. The minimum absolute atomic E-state index is 0. The van der Waals surface area contributed by atoms with Gasteiger partial charge >= 0.3 is 0 Å². The van der Waals surface area contributed by atoms with E-state index >= 15 is 0 Å². The van der Waals surface area contributed by atoms with Crippen molar-refractivity contribution in [2.45, 2.75) is 12.8 Å². The number of anilines is 2. The third-order valence-corrected chi connectivity index (χ3v) is 4.53. The van der Waals surface area contributed by atoms with Gasteiger partial charge < -0.3 is 15.5 Å². The van der Waals surface area contributed by atoms with Crippen LogP contribution in [0.4, 0.5) is 11.4 Å². The summed E-state index contributed by atoms with van der Waals surface area (Å²) >= 11 is 0. The molecule has 1 aliphatic rings. The summed E-state index contributed by atoms with van der Waals surface area (Å²) in [5, 5.41) is 6.13. The Kier molecular flexibility index (Phi) is 7.18. The maximum absolute atomic E-state index is 12.4. The van der Waals surface area contributed by atoms with E-state index in [1.54, 1.807) is 11.9 Å². The number of rotatable bonds is 5. The summed E-state index contributed by atoms with van der Waals surface area (Å²) in [6, 6.07) is 17.1. The van der Waals surface area contributed by atoms with Crippen molar-refractivity contribution >= 4 is 35.6 Å². The fourth-order valence-corrected chi connectivity index (χ4v) is 2.92. The van der Waals surface area contributed by atoms with Crippen LogP contribution in [0.2, 0.25) is 0 Å². The van der Waals surface area contributed by atoms with E-state index in [1.807, 2.05) is 54.6 Å². The summed E-state index contributed by atoms with van der Waals surface area (Å²) in [7, 11) is 1.78. The number of amides is 2. The summed E-state index contributed by atoms with van der Waals surface area (Å²) in [6.07, 6.45) is 1.20. The van der Waals surface area contributed by atoms with Gasteiger partial charge in [-0.15, -0.1) is 12.4 Å². The van der Waals surface area contributed by atoms with E-state index in [9.17, 15) is 9.59 Å². The molecule has 0 spiro atoms. The number of likely N-dealkylation sites (N-methyl/N-ethyl adjacent to an activating group) is 1. The highest BCUT2D eigenvalue weighted by atomic mass is 35.5. The first-order valence-electron chi connectivity index (χ1n) is 8.55. The Bertz CT molecular complexity index is 728. The number of halogens is 1. The van der Waals surface area contributed by atoms with Crippen molar-refractivity contribution in [3.8, 4) is 0 Å². The van der Waals surface area contributed by atoms with Gasteiger partial charge in [-0.1, -0.05) is 30.3 Å². The molecule has 5 nitrogen and oxygen atoms in total. The SMILES string of the molecule is CN(C(=O)Cc1ccc(NC(=O)C2CCNC2)cc1)c1ccccc1.Cl. The molecule has 138 valence electrons. The lowest BCUT2D eigenvalue weighted by Crippen LogP contribution is -2.27. The van der Waals surface area contributed by atoms with E-state index in [0.717, 1.165) is 36.4 Å². The highest BCUT2D eigenvalue weighted by Crippen LogP contribution is 2.16. The molecule has 0 aromatic heterocycles. The summed E-state index contributed by atoms with van der Waals surface area (Å²) < 4.78 is 0. The van der Waals surface area contributed by atoms with Crippen LogP contribution in [0.3, 0.4) is 0 Å². The topological polar surface area (TPSA) is 61.4 Å². The van der Waals surface area contributed by atoms with Gasteiger partial charge in [0.1, 0.15) is 0 Å². The van der Waals surface area contributed by atoms with Crippen LogP contribution in [0, 0.1) is 5.92 Å². The lowest BCUT2D eigenvalue weighted by atomic mass is 10.1. The first kappa shape index (κ1) is 19.9. The van der Waals surface area contributed by atoms with Crippen LogP contribution >= 0.6 is 12.4 Å². The van der Waals surface area contributed by atoms with E-state index < -0.39 is 0 Å². The lowest BCUT2D eigenvalue weighted by molar-refractivity contribution is -0.119. The summed E-state index contributed by atoms with van der Waals surface area (Å²) in [4.78, 5) is 26.2. The Morgan fingerprint density at radius 3 is 2.42 bits per heavy atom. The van der Waals surface area contributed by atoms with Gasteiger partial charge in [0.2, 0.25) is 11.8 Å². The number of benzene rings is 2. The van der Waals surface area contributed by atoms with Crippen molar-refractivity contribution in [1.82, 2.24) is 5.32 Å². The number of para-hydroxylation sites is 1. The van der Waals surface area contributed by atoms with E-state index in [-0.39, 0.29) is 30.1 Å². The zero-order chi connectivity index (χ0) is 17.6. The van der Waals surface area contributed by atoms with Crippen LogP contribution in [0.25, 0.3) is 0 Å². The molecule has 1 atom stereocenters. The Hall–Kier alpha value is -2.37. The van der Waals surface area contributed by atoms with Crippen molar-refractivity contribution in [2.24, 2.45) is 5.92 Å². The van der Waals surface area contributed by atoms with Crippen LogP contribution in [-0.2, 0) is 16.0 Å². The van der Waals surface area contributed by atoms with Gasteiger partial charge in [0.05, 0.1) is 12.3 Å². The molecule has 2 N–H and O–H groups in total. The average Bonchev–Trinajstić information content (AvgIpc) is 3.18. The largest absolute Gasteiger partial charge is 0.326 e. The van der Waals surface area contributed by atoms with Crippen molar-refractivity contribution in [3.05, 3.63) is 60.2 Å². The number of carbonyl (C=O) groups excluding carboxylic acids is 2. The first-order chi connectivity index (χ1) is 12.1. The first-order valence-corrected chi connectivity index (χ1v) is 8.55. The maximum atomic E-state index is 12.4. The van der Waals surface area contributed by atoms with Crippen molar-refractivity contribution in [3.63, 3.8) is 0 Å². The average molecular weight is 374 g/mol. The molecule has 2 aromatic carbocycles. The van der Waals surface area contributed by atoms with Crippen LogP contribution < -0.4 is 15.5 Å². The molecule has 1 fully saturated rings. The molecule has 1 unspecified atom stereocenters. The molecular formula is C20H24ClN3O2. The number of hydrogen-bond donors (Lipinski definition) is 2. The molecule has 1 saturated heterocycles. The van der Waals surface area contributed by atoms with Crippen LogP contribution in [0.15, 0.2) is 54.6 Å². The summed E-state index contributed by atoms with van der Waals surface area (Å²) in [6.45, 7) is 1.64. The molecule has 6 heteroatoms. The minimum Gasteiger partial charge on any atom is -0.326 e. The van der Waals surface area contributed by atoms with E-state index in [2.05, 4.69) is 10.6 Å². The van der Waals surface area contributed by atoms with Gasteiger partial charge in [-0.05, 0) is 42.8 Å². The Morgan fingerprint density at radius 2 is 1.81 bits per heavy atom. The molecule has 0 saturated carbocycles. The molecule has 1 heterocycles. The molecule has 3 rings (SSSR count).